The monoisotopic (exact) mass is 233 g/mol. The summed E-state index contributed by atoms with van der Waals surface area (Å²) in [6.07, 6.45) is 4.81. The van der Waals surface area contributed by atoms with Crippen LogP contribution in [0.4, 0.5) is 0 Å². The van der Waals surface area contributed by atoms with Gasteiger partial charge in [-0.05, 0) is 58.3 Å². The molecule has 1 heterocycles. The van der Waals surface area contributed by atoms with Crippen LogP contribution in [-0.2, 0) is 6.54 Å². The first-order chi connectivity index (χ1) is 8.07. The lowest BCUT2D eigenvalue weighted by Crippen LogP contribution is -2.48. The second kappa shape index (κ2) is 5.15. The van der Waals surface area contributed by atoms with Crippen molar-refractivity contribution < 1.29 is 0 Å². The Morgan fingerprint density at radius 3 is 2.76 bits per heavy atom. The summed E-state index contributed by atoms with van der Waals surface area (Å²) in [5.74, 6) is 0. The molecule has 0 saturated heterocycles. The molecule has 0 amide bonds. The van der Waals surface area contributed by atoms with Crippen LogP contribution >= 0.6 is 0 Å². The average Bonchev–Trinajstić information content (AvgIpc) is 2.24. The maximum absolute atomic E-state index is 6.23. The van der Waals surface area contributed by atoms with E-state index in [0.717, 1.165) is 30.9 Å². The van der Waals surface area contributed by atoms with Crippen molar-refractivity contribution in [3.8, 4) is 0 Å². The summed E-state index contributed by atoms with van der Waals surface area (Å²) in [6, 6.07) is 6.19. The number of nitrogens with zero attached hydrogens (tertiary/aromatic N) is 2. The molecule has 0 aliphatic heterocycles. The van der Waals surface area contributed by atoms with Gasteiger partial charge in [-0.15, -0.1) is 0 Å². The molecule has 1 saturated carbocycles. The first-order valence-corrected chi connectivity index (χ1v) is 6.47. The third-order valence-electron chi connectivity index (χ3n) is 3.72. The summed E-state index contributed by atoms with van der Waals surface area (Å²) in [5.41, 5.74) is 8.59. The van der Waals surface area contributed by atoms with E-state index in [-0.39, 0.29) is 5.54 Å². The summed E-state index contributed by atoms with van der Waals surface area (Å²) in [5, 5.41) is 0. The van der Waals surface area contributed by atoms with E-state index in [2.05, 4.69) is 29.1 Å². The molecule has 2 rings (SSSR count). The van der Waals surface area contributed by atoms with Gasteiger partial charge in [0.05, 0.1) is 5.69 Å². The lowest BCUT2D eigenvalue weighted by molar-refractivity contribution is 0.193. The molecular weight excluding hydrogens is 210 g/mol. The summed E-state index contributed by atoms with van der Waals surface area (Å²) in [6.45, 7) is 4.01. The fourth-order valence-corrected chi connectivity index (χ4v) is 2.34. The molecule has 1 aliphatic rings. The normalized spacial score (nSPS) is 18.1. The standard InChI is InChI=1S/C14H23N3/c1-12-5-3-6-13(16-12)11-17(2)10-9-14(15)7-4-8-14/h3,5-6H,4,7-11,15H2,1-2H3. The van der Waals surface area contributed by atoms with Gasteiger partial charge in [0, 0.05) is 17.8 Å². The second-order valence-electron chi connectivity index (χ2n) is 5.47. The van der Waals surface area contributed by atoms with Gasteiger partial charge in [0.25, 0.3) is 0 Å². The molecule has 94 valence electrons. The Balaban J connectivity index is 1.78. The fraction of sp³-hybridized carbons (Fsp3) is 0.643. The maximum Gasteiger partial charge on any atom is 0.0547 e. The molecule has 2 N–H and O–H groups in total. The van der Waals surface area contributed by atoms with Crippen LogP contribution in [0.2, 0.25) is 0 Å². The minimum atomic E-state index is 0.133. The molecule has 17 heavy (non-hydrogen) atoms. The van der Waals surface area contributed by atoms with Crippen LogP contribution in [0.25, 0.3) is 0 Å². The molecule has 0 spiro atoms. The number of nitrogens with two attached hydrogens (primary N) is 1. The van der Waals surface area contributed by atoms with Crippen molar-refractivity contribution in [2.45, 2.75) is 44.7 Å². The van der Waals surface area contributed by atoms with Crippen LogP contribution in [0, 0.1) is 6.92 Å². The summed E-state index contributed by atoms with van der Waals surface area (Å²) in [4.78, 5) is 6.83. The molecule has 1 aromatic rings. The van der Waals surface area contributed by atoms with Gasteiger partial charge in [-0.25, -0.2) is 0 Å². The highest BCUT2D eigenvalue weighted by molar-refractivity contribution is 5.09. The van der Waals surface area contributed by atoms with E-state index in [9.17, 15) is 0 Å². The minimum absolute atomic E-state index is 0.133. The Morgan fingerprint density at radius 2 is 2.18 bits per heavy atom. The molecule has 0 unspecified atom stereocenters. The predicted octanol–water partition coefficient (Wildman–Crippen LogP) is 2.09. The fourth-order valence-electron chi connectivity index (χ4n) is 2.34. The predicted molar refractivity (Wildman–Crippen MR) is 70.7 cm³/mol. The number of pyridine rings is 1. The number of aryl methyl sites for hydroxylation is 1. The Labute approximate surface area is 104 Å². The molecule has 1 aliphatic carbocycles. The van der Waals surface area contributed by atoms with Crippen molar-refractivity contribution in [2.24, 2.45) is 5.73 Å². The van der Waals surface area contributed by atoms with Crippen LogP contribution < -0.4 is 5.73 Å². The quantitative estimate of drug-likeness (QED) is 0.847. The highest BCUT2D eigenvalue weighted by Gasteiger charge is 2.31. The van der Waals surface area contributed by atoms with Crippen LogP contribution in [0.15, 0.2) is 18.2 Å². The van der Waals surface area contributed by atoms with E-state index in [0.29, 0.717) is 0 Å². The molecule has 1 fully saturated rings. The van der Waals surface area contributed by atoms with Gasteiger partial charge in [0.1, 0.15) is 0 Å². The SMILES string of the molecule is Cc1cccc(CN(C)CCC2(N)CCC2)n1. The number of hydrogen-bond donors (Lipinski definition) is 1. The van der Waals surface area contributed by atoms with Crippen molar-refractivity contribution in [2.75, 3.05) is 13.6 Å². The van der Waals surface area contributed by atoms with E-state index < -0.39 is 0 Å². The van der Waals surface area contributed by atoms with Crippen LogP contribution in [0.1, 0.15) is 37.1 Å². The number of aromatic nitrogens is 1. The van der Waals surface area contributed by atoms with Crippen molar-refractivity contribution in [3.05, 3.63) is 29.6 Å². The van der Waals surface area contributed by atoms with Gasteiger partial charge in [-0.1, -0.05) is 6.07 Å². The molecular formula is C14H23N3. The minimum Gasteiger partial charge on any atom is -0.325 e. The van der Waals surface area contributed by atoms with Gasteiger partial charge in [0.2, 0.25) is 0 Å². The number of rotatable bonds is 5. The first kappa shape index (κ1) is 12.5. The largest absolute Gasteiger partial charge is 0.325 e. The van der Waals surface area contributed by atoms with Crippen molar-refractivity contribution in [3.63, 3.8) is 0 Å². The Hall–Kier alpha value is -0.930. The van der Waals surface area contributed by atoms with Gasteiger partial charge in [-0.2, -0.15) is 0 Å². The van der Waals surface area contributed by atoms with Crippen molar-refractivity contribution in [1.82, 2.24) is 9.88 Å². The highest BCUT2D eigenvalue weighted by atomic mass is 15.1. The average molecular weight is 233 g/mol. The maximum atomic E-state index is 6.23. The Morgan fingerprint density at radius 1 is 1.41 bits per heavy atom. The molecule has 3 heteroatoms. The zero-order valence-corrected chi connectivity index (χ0v) is 10.9. The van der Waals surface area contributed by atoms with E-state index in [1.54, 1.807) is 0 Å². The summed E-state index contributed by atoms with van der Waals surface area (Å²) in [7, 11) is 2.14. The van der Waals surface area contributed by atoms with Crippen LogP contribution in [0.5, 0.6) is 0 Å². The molecule has 0 aromatic carbocycles. The van der Waals surface area contributed by atoms with Crippen LogP contribution in [0.3, 0.4) is 0 Å². The smallest absolute Gasteiger partial charge is 0.0547 e. The molecule has 0 bridgehead atoms. The van der Waals surface area contributed by atoms with Crippen LogP contribution in [-0.4, -0.2) is 29.0 Å². The third kappa shape index (κ3) is 3.51. The molecule has 0 radical (unpaired) electrons. The lowest BCUT2D eigenvalue weighted by Gasteiger charge is -2.39. The summed E-state index contributed by atoms with van der Waals surface area (Å²) < 4.78 is 0. The van der Waals surface area contributed by atoms with Gasteiger partial charge < -0.3 is 10.6 Å². The van der Waals surface area contributed by atoms with Crippen molar-refractivity contribution >= 4 is 0 Å². The van der Waals surface area contributed by atoms with E-state index in [4.69, 9.17) is 5.73 Å². The van der Waals surface area contributed by atoms with Crippen molar-refractivity contribution in [1.29, 1.82) is 0 Å². The second-order valence-corrected chi connectivity index (χ2v) is 5.47. The Kier molecular flexibility index (Phi) is 3.79. The van der Waals surface area contributed by atoms with Gasteiger partial charge in [0.15, 0.2) is 0 Å². The summed E-state index contributed by atoms with van der Waals surface area (Å²) >= 11 is 0. The first-order valence-electron chi connectivity index (χ1n) is 6.47. The van der Waals surface area contributed by atoms with Gasteiger partial charge in [-0.3, -0.25) is 4.98 Å². The third-order valence-corrected chi connectivity index (χ3v) is 3.72. The molecule has 0 atom stereocenters. The van der Waals surface area contributed by atoms with E-state index in [1.807, 2.05) is 13.0 Å². The highest BCUT2D eigenvalue weighted by Crippen LogP contribution is 2.32. The Bertz CT molecular complexity index is 371. The van der Waals surface area contributed by atoms with E-state index in [1.165, 1.54) is 19.3 Å². The molecule has 3 nitrogen and oxygen atoms in total. The lowest BCUT2D eigenvalue weighted by atomic mass is 9.75. The zero-order valence-electron chi connectivity index (χ0n) is 10.9. The number of hydrogen-bond acceptors (Lipinski definition) is 3. The zero-order chi connectivity index (χ0) is 12.3. The van der Waals surface area contributed by atoms with E-state index >= 15 is 0 Å². The molecule has 1 aromatic heterocycles. The van der Waals surface area contributed by atoms with Gasteiger partial charge >= 0.3 is 0 Å². The topological polar surface area (TPSA) is 42.1 Å².